The molecule has 1 aromatic heterocycles. The van der Waals surface area contributed by atoms with E-state index in [9.17, 15) is 9.90 Å². The predicted octanol–water partition coefficient (Wildman–Crippen LogP) is 1.49. The van der Waals surface area contributed by atoms with Crippen LogP contribution in [0.4, 0.5) is 4.79 Å². The van der Waals surface area contributed by atoms with E-state index in [0.717, 1.165) is 37.1 Å². The summed E-state index contributed by atoms with van der Waals surface area (Å²) in [6.07, 6.45) is 3.81. The average molecular weight is 263 g/mol. The summed E-state index contributed by atoms with van der Waals surface area (Å²) in [7, 11) is 0. The minimum atomic E-state index is -0.426. The molecule has 1 fully saturated rings. The average Bonchev–Trinajstić information content (AvgIpc) is 2.86. The van der Waals surface area contributed by atoms with Crippen LogP contribution in [0.15, 0.2) is 18.2 Å². The molecule has 19 heavy (non-hydrogen) atoms. The number of urea groups is 1. The fourth-order valence-corrected chi connectivity index (χ4v) is 2.53. The third-order valence-electron chi connectivity index (χ3n) is 3.62. The topological polar surface area (TPSA) is 74.2 Å². The van der Waals surface area contributed by atoms with E-state index in [-0.39, 0.29) is 12.6 Å². The van der Waals surface area contributed by atoms with Gasteiger partial charge in [-0.05, 0) is 31.9 Å². The number of rotatable bonds is 4. The summed E-state index contributed by atoms with van der Waals surface area (Å²) in [5.74, 6) is 0. The molecule has 5 heteroatoms. The summed E-state index contributed by atoms with van der Waals surface area (Å²) in [6, 6.07) is 5.48. The number of aryl methyl sites for hydroxylation is 1. The van der Waals surface area contributed by atoms with Crippen LogP contribution in [-0.4, -0.2) is 28.3 Å². The van der Waals surface area contributed by atoms with Gasteiger partial charge < -0.3 is 15.7 Å². The first-order valence-corrected chi connectivity index (χ1v) is 6.73. The maximum Gasteiger partial charge on any atom is 0.315 e. The van der Waals surface area contributed by atoms with E-state index < -0.39 is 5.54 Å². The molecule has 0 saturated heterocycles. The number of hydrogen-bond acceptors (Lipinski definition) is 3. The first-order chi connectivity index (χ1) is 9.13. The first kappa shape index (κ1) is 13.8. The number of nitrogens with one attached hydrogen (secondary N) is 2. The molecule has 0 spiro atoms. The van der Waals surface area contributed by atoms with Gasteiger partial charge in [-0.15, -0.1) is 0 Å². The van der Waals surface area contributed by atoms with Gasteiger partial charge in [0.15, 0.2) is 0 Å². The number of carbonyl (C=O) groups excluding carboxylic acids is 1. The SMILES string of the molecule is Cc1cccc(CNC(=O)NC2(CO)CCCC2)n1. The predicted molar refractivity (Wildman–Crippen MR) is 72.6 cm³/mol. The zero-order chi connectivity index (χ0) is 13.7. The van der Waals surface area contributed by atoms with Crippen molar-refractivity contribution in [2.75, 3.05) is 6.61 Å². The zero-order valence-electron chi connectivity index (χ0n) is 11.3. The lowest BCUT2D eigenvalue weighted by atomic mass is 9.99. The minimum Gasteiger partial charge on any atom is -0.394 e. The van der Waals surface area contributed by atoms with Crippen molar-refractivity contribution < 1.29 is 9.90 Å². The van der Waals surface area contributed by atoms with E-state index in [4.69, 9.17) is 0 Å². The van der Waals surface area contributed by atoms with Crippen LogP contribution in [0.5, 0.6) is 0 Å². The lowest BCUT2D eigenvalue weighted by Crippen LogP contribution is -2.52. The Hall–Kier alpha value is -1.62. The molecule has 0 aliphatic heterocycles. The number of hydrogen-bond donors (Lipinski definition) is 3. The summed E-state index contributed by atoms with van der Waals surface area (Å²) < 4.78 is 0. The standard InChI is InChI=1S/C14H21N3O2/c1-11-5-4-6-12(16-11)9-15-13(19)17-14(10-18)7-2-3-8-14/h4-6,18H,2-3,7-10H2,1H3,(H2,15,17,19). The molecule has 0 bridgehead atoms. The summed E-state index contributed by atoms with van der Waals surface area (Å²) in [4.78, 5) is 16.2. The fraction of sp³-hybridized carbons (Fsp3) is 0.571. The molecule has 0 radical (unpaired) electrons. The van der Waals surface area contributed by atoms with Gasteiger partial charge in [0.1, 0.15) is 0 Å². The van der Waals surface area contributed by atoms with Crippen LogP contribution in [0.1, 0.15) is 37.1 Å². The Labute approximate surface area is 113 Å². The number of carbonyl (C=O) groups is 1. The normalized spacial score (nSPS) is 17.2. The van der Waals surface area contributed by atoms with E-state index in [0.29, 0.717) is 6.54 Å². The Morgan fingerprint density at radius 1 is 1.42 bits per heavy atom. The van der Waals surface area contributed by atoms with Gasteiger partial charge in [0, 0.05) is 5.69 Å². The van der Waals surface area contributed by atoms with Gasteiger partial charge in [-0.3, -0.25) is 4.98 Å². The number of aliphatic hydroxyl groups is 1. The van der Waals surface area contributed by atoms with Crippen molar-refractivity contribution >= 4 is 6.03 Å². The quantitative estimate of drug-likeness (QED) is 0.770. The maximum absolute atomic E-state index is 11.9. The minimum absolute atomic E-state index is 0.00309. The van der Waals surface area contributed by atoms with Crippen LogP contribution >= 0.6 is 0 Å². The molecule has 5 nitrogen and oxygen atoms in total. The molecule has 1 heterocycles. The van der Waals surface area contributed by atoms with Crippen molar-refractivity contribution in [3.63, 3.8) is 0 Å². The molecule has 1 aliphatic rings. The number of amides is 2. The van der Waals surface area contributed by atoms with Gasteiger partial charge >= 0.3 is 6.03 Å². The molecule has 0 atom stereocenters. The van der Waals surface area contributed by atoms with Crippen LogP contribution in [0, 0.1) is 6.92 Å². The molecular weight excluding hydrogens is 242 g/mol. The van der Waals surface area contributed by atoms with Crippen molar-refractivity contribution in [1.82, 2.24) is 15.6 Å². The summed E-state index contributed by atoms with van der Waals surface area (Å²) in [5, 5.41) is 15.1. The molecule has 1 aromatic rings. The number of pyridine rings is 1. The van der Waals surface area contributed by atoms with Gasteiger partial charge in [0.25, 0.3) is 0 Å². The molecule has 2 amide bonds. The largest absolute Gasteiger partial charge is 0.394 e. The second-order valence-corrected chi connectivity index (χ2v) is 5.22. The smallest absolute Gasteiger partial charge is 0.315 e. The summed E-state index contributed by atoms with van der Waals surface area (Å²) >= 11 is 0. The summed E-state index contributed by atoms with van der Waals surface area (Å²) in [6.45, 7) is 2.32. The van der Waals surface area contributed by atoms with E-state index in [1.54, 1.807) is 0 Å². The molecular formula is C14H21N3O2. The van der Waals surface area contributed by atoms with Crippen molar-refractivity contribution in [3.05, 3.63) is 29.6 Å². The fourth-order valence-electron chi connectivity index (χ4n) is 2.53. The van der Waals surface area contributed by atoms with Crippen molar-refractivity contribution in [2.24, 2.45) is 0 Å². The molecule has 2 rings (SSSR count). The highest BCUT2D eigenvalue weighted by atomic mass is 16.3. The number of aromatic nitrogens is 1. The molecule has 0 aromatic carbocycles. The number of nitrogens with zero attached hydrogens (tertiary/aromatic N) is 1. The van der Waals surface area contributed by atoms with Gasteiger partial charge in [0.2, 0.25) is 0 Å². The molecule has 1 aliphatic carbocycles. The van der Waals surface area contributed by atoms with Gasteiger partial charge in [0.05, 0.1) is 24.4 Å². The van der Waals surface area contributed by atoms with Gasteiger partial charge in [-0.25, -0.2) is 4.79 Å². The van der Waals surface area contributed by atoms with E-state index >= 15 is 0 Å². The zero-order valence-corrected chi connectivity index (χ0v) is 11.3. The van der Waals surface area contributed by atoms with E-state index in [2.05, 4.69) is 15.6 Å². The lowest BCUT2D eigenvalue weighted by molar-refractivity contribution is 0.162. The summed E-state index contributed by atoms with van der Waals surface area (Å²) in [5.41, 5.74) is 1.34. The highest BCUT2D eigenvalue weighted by Gasteiger charge is 2.34. The van der Waals surface area contributed by atoms with Crippen LogP contribution in [-0.2, 0) is 6.54 Å². The first-order valence-electron chi connectivity index (χ1n) is 6.73. The third kappa shape index (κ3) is 3.67. The van der Waals surface area contributed by atoms with Crippen molar-refractivity contribution in [2.45, 2.75) is 44.7 Å². The van der Waals surface area contributed by atoms with E-state index in [1.165, 1.54) is 0 Å². The van der Waals surface area contributed by atoms with Gasteiger partial charge in [-0.2, -0.15) is 0 Å². The third-order valence-corrected chi connectivity index (χ3v) is 3.62. The van der Waals surface area contributed by atoms with Gasteiger partial charge in [-0.1, -0.05) is 18.9 Å². The highest BCUT2D eigenvalue weighted by molar-refractivity contribution is 5.74. The molecule has 0 unspecified atom stereocenters. The van der Waals surface area contributed by atoms with Crippen LogP contribution in [0.3, 0.4) is 0 Å². The van der Waals surface area contributed by atoms with Crippen LogP contribution in [0.2, 0.25) is 0 Å². The maximum atomic E-state index is 11.9. The molecule has 104 valence electrons. The highest BCUT2D eigenvalue weighted by Crippen LogP contribution is 2.28. The second-order valence-electron chi connectivity index (χ2n) is 5.22. The molecule has 1 saturated carbocycles. The Bertz CT molecular complexity index is 442. The Morgan fingerprint density at radius 2 is 2.16 bits per heavy atom. The van der Waals surface area contributed by atoms with Crippen LogP contribution < -0.4 is 10.6 Å². The second kappa shape index (κ2) is 6.02. The van der Waals surface area contributed by atoms with Crippen molar-refractivity contribution in [1.29, 1.82) is 0 Å². The van der Waals surface area contributed by atoms with E-state index in [1.807, 2.05) is 25.1 Å². The Balaban J connectivity index is 1.84. The monoisotopic (exact) mass is 263 g/mol. The lowest BCUT2D eigenvalue weighted by Gasteiger charge is -2.27. The number of aliphatic hydroxyl groups excluding tert-OH is 1. The molecule has 3 N–H and O–H groups in total. The Morgan fingerprint density at radius 3 is 2.79 bits per heavy atom. The van der Waals surface area contributed by atoms with Crippen molar-refractivity contribution in [3.8, 4) is 0 Å². The van der Waals surface area contributed by atoms with Crippen LogP contribution in [0.25, 0.3) is 0 Å². The Kier molecular flexibility index (Phi) is 4.37.